The minimum Gasteiger partial charge on any atom is -0.481 e. The van der Waals surface area contributed by atoms with Crippen LogP contribution in [0.25, 0.3) is 0 Å². The van der Waals surface area contributed by atoms with Crippen LogP contribution in [-0.2, 0) is 22.4 Å². The van der Waals surface area contributed by atoms with Gasteiger partial charge in [0.25, 0.3) is 0 Å². The van der Waals surface area contributed by atoms with E-state index in [1.165, 1.54) is 0 Å². The van der Waals surface area contributed by atoms with Crippen molar-refractivity contribution >= 4 is 41.6 Å². The third-order valence-corrected chi connectivity index (χ3v) is 4.93. The number of hydrogen-bond acceptors (Lipinski definition) is 5. The largest absolute Gasteiger partial charge is 0.481 e. The molecule has 0 amide bonds. The van der Waals surface area contributed by atoms with E-state index in [0.29, 0.717) is 23.5 Å². The van der Waals surface area contributed by atoms with E-state index in [1.807, 2.05) is 24.3 Å². The number of anilines is 2. The molecule has 3 rings (SSSR count). The number of halogens is 2. The van der Waals surface area contributed by atoms with E-state index in [2.05, 4.69) is 15.3 Å². The third kappa shape index (κ3) is 6.93. The van der Waals surface area contributed by atoms with Gasteiger partial charge in [0.05, 0.1) is 23.0 Å². The van der Waals surface area contributed by atoms with Crippen LogP contribution < -0.4 is 5.32 Å². The molecule has 152 valence electrons. The van der Waals surface area contributed by atoms with E-state index >= 15 is 0 Å². The molecule has 0 bridgehead atoms. The number of nitrogens with zero attached hydrogens (tertiary/aromatic N) is 2. The Bertz CT molecular complexity index is 766. The average Bonchev–Trinajstić information content (AvgIpc) is 3.17. The van der Waals surface area contributed by atoms with Crippen LogP contribution in [0, 0.1) is 0 Å². The van der Waals surface area contributed by atoms with Gasteiger partial charge in [-0.25, -0.2) is 9.97 Å². The summed E-state index contributed by atoms with van der Waals surface area (Å²) in [6.45, 7) is 0.848. The lowest BCUT2D eigenvalue weighted by molar-refractivity contribution is -0.137. The standard InChI is InChI=1S/C20H24ClN3O3.ClH/c21-17-13-22-20(24-18(17)11-10-16-4-2-12-27-16)23-15-8-6-14(7-9-15)3-1-5-19(25)26;/h6-9,13,16H,1-5,10-12H2,(H,25,26)(H,22,23,24);1H. The molecule has 2 N–H and O–H groups in total. The first-order valence-corrected chi connectivity index (χ1v) is 9.69. The van der Waals surface area contributed by atoms with Crippen molar-refractivity contribution in [2.75, 3.05) is 11.9 Å². The van der Waals surface area contributed by atoms with Crippen molar-refractivity contribution in [2.45, 2.75) is 51.0 Å². The molecule has 28 heavy (non-hydrogen) atoms. The van der Waals surface area contributed by atoms with E-state index < -0.39 is 5.97 Å². The van der Waals surface area contributed by atoms with Crippen molar-refractivity contribution in [3.8, 4) is 0 Å². The van der Waals surface area contributed by atoms with Crippen molar-refractivity contribution in [3.63, 3.8) is 0 Å². The minimum atomic E-state index is -0.761. The Labute approximate surface area is 176 Å². The average molecular weight is 426 g/mol. The Morgan fingerprint density at radius 2 is 2.07 bits per heavy atom. The summed E-state index contributed by atoms with van der Waals surface area (Å²) < 4.78 is 5.66. The second kappa shape index (κ2) is 11.2. The molecule has 1 aromatic carbocycles. The molecule has 1 unspecified atom stereocenters. The number of rotatable bonds is 9. The van der Waals surface area contributed by atoms with Gasteiger partial charge in [0.1, 0.15) is 0 Å². The Morgan fingerprint density at radius 3 is 2.75 bits per heavy atom. The van der Waals surface area contributed by atoms with Crippen LogP contribution in [-0.4, -0.2) is 33.8 Å². The second-order valence-corrected chi connectivity index (χ2v) is 7.14. The highest BCUT2D eigenvalue weighted by Crippen LogP contribution is 2.22. The van der Waals surface area contributed by atoms with Crippen molar-refractivity contribution in [1.29, 1.82) is 0 Å². The van der Waals surface area contributed by atoms with E-state index in [0.717, 1.165) is 55.7 Å². The van der Waals surface area contributed by atoms with Crippen LogP contribution in [0.2, 0.25) is 5.02 Å². The second-order valence-electron chi connectivity index (χ2n) is 6.73. The molecular weight excluding hydrogens is 401 g/mol. The van der Waals surface area contributed by atoms with Crippen molar-refractivity contribution in [3.05, 3.63) is 46.7 Å². The maximum absolute atomic E-state index is 10.6. The minimum absolute atomic E-state index is 0. The molecule has 1 aromatic heterocycles. The van der Waals surface area contributed by atoms with Gasteiger partial charge in [0, 0.05) is 18.7 Å². The van der Waals surface area contributed by atoms with Gasteiger partial charge in [-0.2, -0.15) is 0 Å². The maximum atomic E-state index is 10.6. The number of carbonyl (C=O) groups is 1. The predicted octanol–water partition coefficient (Wildman–Crippen LogP) is 4.81. The lowest BCUT2D eigenvalue weighted by atomic mass is 10.1. The Morgan fingerprint density at radius 1 is 1.29 bits per heavy atom. The van der Waals surface area contributed by atoms with Crippen LogP contribution >= 0.6 is 24.0 Å². The number of hydrogen-bond donors (Lipinski definition) is 2. The van der Waals surface area contributed by atoms with Crippen LogP contribution in [0.15, 0.2) is 30.5 Å². The molecular formula is C20H25Cl2N3O3. The Balaban J connectivity index is 0.00000280. The molecule has 0 radical (unpaired) electrons. The summed E-state index contributed by atoms with van der Waals surface area (Å²) >= 11 is 6.24. The van der Waals surface area contributed by atoms with Crippen molar-refractivity contribution in [2.24, 2.45) is 0 Å². The molecule has 1 aliphatic heterocycles. The fourth-order valence-electron chi connectivity index (χ4n) is 3.14. The Kier molecular flexibility index (Phi) is 8.96. The monoisotopic (exact) mass is 425 g/mol. The Hall–Kier alpha value is -1.89. The van der Waals surface area contributed by atoms with E-state index in [4.69, 9.17) is 21.4 Å². The quantitative estimate of drug-likeness (QED) is 0.599. The summed E-state index contributed by atoms with van der Waals surface area (Å²) in [5.74, 6) is -0.246. The molecule has 8 heteroatoms. The fourth-order valence-corrected chi connectivity index (χ4v) is 3.32. The SMILES string of the molecule is Cl.O=C(O)CCCc1ccc(Nc2ncc(Cl)c(CCC3CCCO3)n2)cc1. The van der Waals surface area contributed by atoms with E-state index in [1.54, 1.807) is 6.20 Å². The maximum Gasteiger partial charge on any atom is 0.303 e. The van der Waals surface area contributed by atoms with Crippen LogP contribution in [0.4, 0.5) is 11.6 Å². The molecule has 1 atom stereocenters. The van der Waals surface area contributed by atoms with E-state index in [-0.39, 0.29) is 18.8 Å². The van der Waals surface area contributed by atoms with Gasteiger partial charge in [-0.15, -0.1) is 12.4 Å². The van der Waals surface area contributed by atoms with Crippen molar-refractivity contribution in [1.82, 2.24) is 9.97 Å². The number of ether oxygens (including phenoxy) is 1. The predicted molar refractivity (Wildman–Crippen MR) is 112 cm³/mol. The van der Waals surface area contributed by atoms with Crippen LogP contribution in [0.5, 0.6) is 0 Å². The number of aryl methyl sites for hydroxylation is 2. The summed E-state index contributed by atoms with van der Waals surface area (Å²) in [5.41, 5.74) is 2.82. The zero-order valence-electron chi connectivity index (χ0n) is 15.6. The molecule has 1 aliphatic rings. The van der Waals surface area contributed by atoms with Gasteiger partial charge in [-0.1, -0.05) is 23.7 Å². The number of nitrogens with one attached hydrogen (secondary N) is 1. The van der Waals surface area contributed by atoms with Crippen LogP contribution in [0.1, 0.15) is 43.4 Å². The van der Waals surface area contributed by atoms with Gasteiger partial charge in [0.15, 0.2) is 0 Å². The summed E-state index contributed by atoms with van der Waals surface area (Å²) in [6.07, 6.45) is 7.42. The molecule has 1 fully saturated rings. The van der Waals surface area contributed by atoms with Gasteiger partial charge < -0.3 is 15.2 Å². The smallest absolute Gasteiger partial charge is 0.303 e. The zero-order valence-corrected chi connectivity index (χ0v) is 17.1. The third-order valence-electron chi connectivity index (χ3n) is 4.61. The first-order chi connectivity index (χ1) is 13.1. The first-order valence-electron chi connectivity index (χ1n) is 9.31. The van der Waals surface area contributed by atoms with Crippen LogP contribution in [0.3, 0.4) is 0 Å². The summed E-state index contributed by atoms with van der Waals surface area (Å²) in [6, 6.07) is 7.86. The fraction of sp³-hybridized carbons (Fsp3) is 0.450. The van der Waals surface area contributed by atoms with Gasteiger partial charge >= 0.3 is 5.97 Å². The number of carboxylic acids is 1. The lowest BCUT2D eigenvalue weighted by Crippen LogP contribution is -2.08. The van der Waals surface area contributed by atoms with Gasteiger partial charge in [-0.3, -0.25) is 4.79 Å². The molecule has 2 heterocycles. The number of aliphatic carboxylic acids is 1. The molecule has 2 aromatic rings. The van der Waals surface area contributed by atoms with E-state index in [9.17, 15) is 4.79 Å². The number of aromatic nitrogens is 2. The molecule has 6 nitrogen and oxygen atoms in total. The highest BCUT2D eigenvalue weighted by molar-refractivity contribution is 6.31. The van der Waals surface area contributed by atoms with Gasteiger partial charge in [-0.05, 0) is 56.2 Å². The summed E-state index contributed by atoms with van der Waals surface area (Å²) in [7, 11) is 0. The number of carboxylic acid groups (broad SMARTS) is 1. The summed E-state index contributed by atoms with van der Waals surface area (Å²) in [4.78, 5) is 19.4. The normalized spacial score (nSPS) is 15.8. The molecule has 0 saturated carbocycles. The van der Waals surface area contributed by atoms with Crippen molar-refractivity contribution < 1.29 is 14.6 Å². The summed E-state index contributed by atoms with van der Waals surface area (Å²) in [5, 5.41) is 12.5. The molecule has 0 spiro atoms. The highest BCUT2D eigenvalue weighted by atomic mass is 35.5. The number of benzene rings is 1. The zero-order chi connectivity index (χ0) is 19.1. The first kappa shape index (κ1) is 22.4. The lowest BCUT2D eigenvalue weighted by Gasteiger charge is -2.11. The topological polar surface area (TPSA) is 84.3 Å². The highest BCUT2D eigenvalue weighted by Gasteiger charge is 2.16. The van der Waals surface area contributed by atoms with Gasteiger partial charge in [0.2, 0.25) is 5.95 Å². The molecule has 1 saturated heterocycles. The molecule has 0 aliphatic carbocycles.